The summed E-state index contributed by atoms with van der Waals surface area (Å²) in [5.74, 6) is 0.822. The Morgan fingerprint density at radius 1 is 1.04 bits per heavy atom. The molecular formula is C33H35N9O3. The minimum atomic E-state index is -0.936. The van der Waals surface area contributed by atoms with Crippen molar-refractivity contribution in [2.75, 3.05) is 30.3 Å². The van der Waals surface area contributed by atoms with E-state index in [1.807, 2.05) is 31.3 Å². The molecule has 2 aliphatic rings. The largest absolute Gasteiger partial charge is 0.465 e. The minimum absolute atomic E-state index is 0.00211. The van der Waals surface area contributed by atoms with E-state index in [-0.39, 0.29) is 17.4 Å². The quantitative estimate of drug-likeness (QED) is 0.199. The number of aryl methyl sites for hydroxylation is 3. The number of hydrogen-bond acceptors (Lipinski definition) is 8. The van der Waals surface area contributed by atoms with Crippen molar-refractivity contribution >= 4 is 46.2 Å². The van der Waals surface area contributed by atoms with Crippen LogP contribution in [0, 0.1) is 31.1 Å². The normalized spacial score (nSPS) is 15.5. The second kappa shape index (κ2) is 12.3. The molecule has 0 radical (unpaired) electrons. The van der Waals surface area contributed by atoms with Crippen molar-refractivity contribution in [3.05, 3.63) is 76.5 Å². The first-order valence-corrected chi connectivity index (χ1v) is 15.0. The summed E-state index contributed by atoms with van der Waals surface area (Å²) < 4.78 is 1.73. The highest BCUT2D eigenvalue weighted by Gasteiger charge is 2.27. The van der Waals surface area contributed by atoms with Gasteiger partial charge in [0.25, 0.3) is 5.91 Å². The van der Waals surface area contributed by atoms with Crippen LogP contribution in [-0.2, 0) is 24.8 Å². The third-order valence-corrected chi connectivity index (χ3v) is 8.63. The monoisotopic (exact) mass is 605 g/mol. The maximum absolute atomic E-state index is 13.4. The van der Waals surface area contributed by atoms with E-state index in [0.717, 1.165) is 39.0 Å². The van der Waals surface area contributed by atoms with E-state index in [9.17, 15) is 20.0 Å². The summed E-state index contributed by atoms with van der Waals surface area (Å²) in [6.45, 7) is 5.82. The molecule has 0 unspecified atom stereocenters. The maximum atomic E-state index is 13.4. The van der Waals surface area contributed by atoms with Gasteiger partial charge in [0.2, 0.25) is 5.95 Å². The van der Waals surface area contributed by atoms with Crippen LogP contribution in [0.15, 0.2) is 54.2 Å². The summed E-state index contributed by atoms with van der Waals surface area (Å²) in [5.41, 5.74) is 7.00. The molecule has 4 heterocycles. The van der Waals surface area contributed by atoms with E-state index < -0.39 is 6.09 Å². The lowest BCUT2D eigenvalue weighted by Crippen LogP contribution is -2.38. The number of aromatic nitrogens is 4. The molecule has 2 amide bonds. The molecule has 45 heavy (non-hydrogen) atoms. The molecule has 2 aliphatic heterocycles. The number of anilines is 4. The number of amides is 2. The molecule has 0 atom stereocenters. The molecule has 0 saturated carbocycles. The fraction of sp³-hybridized carbons (Fsp3) is 0.333. The van der Waals surface area contributed by atoms with Gasteiger partial charge in [-0.05, 0) is 73.4 Å². The van der Waals surface area contributed by atoms with Crippen LogP contribution in [0.5, 0.6) is 0 Å². The van der Waals surface area contributed by atoms with E-state index in [2.05, 4.69) is 52.8 Å². The number of para-hydroxylation sites is 1. The Balaban J connectivity index is 1.15. The van der Waals surface area contributed by atoms with E-state index in [4.69, 9.17) is 4.98 Å². The summed E-state index contributed by atoms with van der Waals surface area (Å²) in [6.07, 6.45) is 4.43. The molecule has 0 bridgehead atoms. The molecule has 2 aromatic heterocycles. The Bertz CT molecular complexity index is 1840. The fourth-order valence-electron chi connectivity index (χ4n) is 6.08. The molecule has 1 saturated heterocycles. The van der Waals surface area contributed by atoms with Gasteiger partial charge in [-0.1, -0.05) is 30.3 Å². The van der Waals surface area contributed by atoms with Gasteiger partial charge < -0.3 is 25.5 Å². The van der Waals surface area contributed by atoms with Crippen molar-refractivity contribution in [3.8, 4) is 6.07 Å². The molecule has 1 fully saturated rings. The van der Waals surface area contributed by atoms with Crippen LogP contribution in [0.25, 0.3) is 11.0 Å². The highest BCUT2D eigenvalue weighted by Crippen LogP contribution is 2.30. The van der Waals surface area contributed by atoms with E-state index in [1.54, 1.807) is 21.9 Å². The first-order valence-electron chi connectivity index (χ1n) is 15.0. The van der Waals surface area contributed by atoms with Crippen LogP contribution in [0.2, 0.25) is 0 Å². The van der Waals surface area contributed by atoms with Crippen molar-refractivity contribution in [3.63, 3.8) is 0 Å². The highest BCUT2D eigenvalue weighted by molar-refractivity contribution is 5.97. The summed E-state index contributed by atoms with van der Waals surface area (Å²) in [5, 5.41) is 31.2. The van der Waals surface area contributed by atoms with Gasteiger partial charge in [0.1, 0.15) is 11.6 Å². The van der Waals surface area contributed by atoms with Gasteiger partial charge in [0.05, 0.1) is 5.39 Å². The molecule has 230 valence electrons. The number of likely N-dealkylation sites (tertiary alicyclic amines) is 1. The molecule has 12 heteroatoms. The molecule has 6 rings (SSSR count). The van der Waals surface area contributed by atoms with Gasteiger partial charge in [-0.3, -0.25) is 4.79 Å². The number of rotatable bonds is 6. The first kappa shape index (κ1) is 29.6. The maximum Gasteiger partial charge on any atom is 0.407 e. The lowest BCUT2D eigenvalue weighted by atomic mass is 9.93. The number of nitrogens with one attached hydrogen (secondary N) is 2. The molecular weight excluding hydrogens is 570 g/mol. The van der Waals surface area contributed by atoms with Gasteiger partial charge in [-0.2, -0.15) is 15.3 Å². The molecule has 0 aliphatic carbocycles. The van der Waals surface area contributed by atoms with Crippen molar-refractivity contribution in [2.24, 2.45) is 13.0 Å². The van der Waals surface area contributed by atoms with Crippen LogP contribution in [0.1, 0.15) is 35.1 Å². The summed E-state index contributed by atoms with van der Waals surface area (Å²) in [7, 11) is 1.85. The minimum Gasteiger partial charge on any atom is -0.465 e. The third-order valence-electron chi connectivity index (χ3n) is 8.63. The number of benzene rings is 2. The Labute approximate surface area is 261 Å². The summed E-state index contributed by atoms with van der Waals surface area (Å²) in [6, 6.07) is 14.3. The van der Waals surface area contributed by atoms with E-state index in [1.165, 1.54) is 4.90 Å². The first-order chi connectivity index (χ1) is 21.7. The highest BCUT2D eigenvalue weighted by atomic mass is 16.4. The Morgan fingerprint density at radius 2 is 1.80 bits per heavy atom. The number of nitriles is 1. The molecule has 3 N–H and O–H groups in total. The standard InChI is InChI=1S/C33H35N9O3/c1-20-5-4-6-21(2)28(20)37-29-27-18-35-32(38-30(27)40(3)39-29)36-26-8-7-23-11-14-42(19-25(23)16-26)31(43)24(17-34)15-22-9-12-41(13-10-22)33(44)45/h4-8,15-16,18,22H,9-14,19H2,1-3H3,(H,37,39)(H,44,45)(H,35,36,38)/b24-15+. The van der Waals surface area contributed by atoms with Crippen molar-refractivity contribution in [1.29, 1.82) is 5.26 Å². The SMILES string of the molecule is Cc1cccc(C)c1Nc1nn(C)c2nc(Nc3ccc4c(c3)CN(C(=O)/C(C#N)=C/C3CCN(C(=O)O)CC3)CC4)ncc12. The zero-order valence-electron chi connectivity index (χ0n) is 25.5. The number of carboxylic acid groups (broad SMARTS) is 1. The van der Waals surface area contributed by atoms with Crippen LogP contribution in [0.4, 0.5) is 27.9 Å². The zero-order chi connectivity index (χ0) is 31.7. The fourth-order valence-corrected chi connectivity index (χ4v) is 6.08. The molecule has 4 aromatic rings. The van der Waals surface area contributed by atoms with Gasteiger partial charge in [-0.25, -0.2) is 14.5 Å². The van der Waals surface area contributed by atoms with E-state index in [0.29, 0.717) is 62.9 Å². The average Bonchev–Trinajstić information content (AvgIpc) is 3.35. The van der Waals surface area contributed by atoms with Gasteiger partial charge in [-0.15, -0.1) is 0 Å². The number of fused-ring (bicyclic) bond motifs is 2. The van der Waals surface area contributed by atoms with Gasteiger partial charge in [0, 0.05) is 50.8 Å². The molecule has 0 spiro atoms. The number of allylic oxidation sites excluding steroid dienone is 1. The number of carbonyl (C=O) groups excluding carboxylic acids is 1. The topological polar surface area (TPSA) is 152 Å². The van der Waals surface area contributed by atoms with Gasteiger partial charge >= 0.3 is 6.09 Å². The lowest BCUT2D eigenvalue weighted by Gasteiger charge is -2.30. The van der Waals surface area contributed by atoms with Crippen LogP contribution >= 0.6 is 0 Å². The number of piperidine rings is 1. The summed E-state index contributed by atoms with van der Waals surface area (Å²) in [4.78, 5) is 36.9. The summed E-state index contributed by atoms with van der Waals surface area (Å²) >= 11 is 0. The number of carbonyl (C=O) groups is 2. The van der Waals surface area contributed by atoms with Crippen LogP contribution in [0.3, 0.4) is 0 Å². The number of nitrogens with zero attached hydrogens (tertiary/aromatic N) is 7. The predicted octanol–water partition coefficient (Wildman–Crippen LogP) is 5.19. The lowest BCUT2D eigenvalue weighted by molar-refractivity contribution is -0.127. The second-order valence-electron chi connectivity index (χ2n) is 11.7. The number of hydrogen-bond donors (Lipinski definition) is 3. The average molecular weight is 606 g/mol. The van der Waals surface area contributed by atoms with Crippen molar-refractivity contribution in [2.45, 2.75) is 39.7 Å². The predicted molar refractivity (Wildman–Crippen MR) is 170 cm³/mol. The molecule has 2 aromatic carbocycles. The zero-order valence-corrected chi connectivity index (χ0v) is 25.5. The Morgan fingerprint density at radius 3 is 2.51 bits per heavy atom. The smallest absolute Gasteiger partial charge is 0.407 e. The van der Waals surface area contributed by atoms with Crippen molar-refractivity contribution in [1.82, 2.24) is 29.5 Å². The van der Waals surface area contributed by atoms with Crippen molar-refractivity contribution < 1.29 is 14.7 Å². The molecule has 12 nitrogen and oxygen atoms in total. The Kier molecular flexibility index (Phi) is 8.08. The van der Waals surface area contributed by atoms with Crippen LogP contribution in [-0.4, -0.2) is 66.3 Å². The Hall–Kier alpha value is -5.44. The van der Waals surface area contributed by atoms with E-state index >= 15 is 0 Å². The van der Waals surface area contributed by atoms with Crippen LogP contribution < -0.4 is 10.6 Å². The third kappa shape index (κ3) is 6.15. The van der Waals surface area contributed by atoms with Gasteiger partial charge in [0.15, 0.2) is 11.5 Å². The second-order valence-corrected chi connectivity index (χ2v) is 11.7.